The number of piperazine rings is 1. The molecule has 1 saturated heterocycles. The smallest absolute Gasteiger partial charge is 0.307 e. The fourth-order valence-electron chi connectivity index (χ4n) is 4.50. The Bertz CT molecular complexity index is 1710. The van der Waals surface area contributed by atoms with Crippen molar-refractivity contribution in [3.63, 3.8) is 0 Å². The van der Waals surface area contributed by atoms with E-state index in [-0.39, 0.29) is 41.6 Å². The van der Waals surface area contributed by atoms with Crippen molar-refractivity contribution in [2.75, 3.05) is 31.1 Å². The van der Waals surface area contributed by atoms with E-state index in [9.17, 15) is 9.59 Å². The van der Waals surface area contributed by atoms with Crippen LogP contribution in [0.3, 0.4) is 0 Å². The predicted molar refractivity (Wildman–Crippen MR) is 147 cm³/mol. The summed E-state index contributed by atoms with van der Waals surface area (Å²) in [5.74, 6) is 6.01. The molecule has 0 bridgehead atoms. The first-order chi connectivity index (χ1) is 19.0. The molecule has 2 aromatic heterocycles. The molecule has 1 amide bonds. The Morgan fingerprint density at radius 1 is 1.13 bits per heavy atom. The van der Waals surface area contributed by atoms with Gasteiger partial charge in [-0.3, -0.25) is 18.7 Å². The van der Waals surface area contributed by atoms with Crippen molar-refractivity contribution in [1.82, 2.24) is 24.4 Å². The normalized spacial score (nSPS) is 13.0. The lowest BCUT2D eigenvalue weighted by Crippen LogP contribution is -2.44. The van der Waals surface area contributed by atoms with E-state index in [1.54, 1.807) is 54.0 Å². The molecule has 0 atom stereocenters. The summed E-state index contributed by atoms with van der Waals surface area (Å²) in [7, 11) is 0. The maximum Gasteiger partial charge on any atom is 0.307 e. The number of nitrogens with one attached hydrogen (secondary N) is 1. The number of ether oxygens (including phenoxy) is 1. The largest absolute Gasteiger partial charge is 0.425 e. The third kappa shape index (κ3) is 5.04. The Hall–Kier alpha value is -5.13. The maximum absolute atomic E-state index is 14.2. The summed E-state index contributed by atoms with van der Waals surface area (Å²) < 4.78 is 9.22. The van der Waals surface area contributed by atoms with Gasteiger partial charge in [0.2, 0.25) is 5.95 Å². The standard InChI is InChI=1S/C28H26N8O3/c1-3-4-15-35-23-25(32-27(35)34-16-13-31-14-17-34)33-28(39-22-12-8-6-10-20(22)24(29)37)36(26(23)38)18-19-9-5-7-11-21(19)30-2/h5-12,31H,13-18H2,1H3,(H2,29,37). The Balaban J connectivity index is 1.74. The molecule has 39 heavy (non-hydrogen) atoms. The second-order valence-corrected chi connectivity index (χ2v) is 8.82. The number of nitrogens with two attached hydrogens (primary N) is 1. The highest BCUT2D eigenvalue weighted by Gasteiger charge is 2.25. The molecule has 4 aromatic rings. The van der Waals surface area contributed by atoms with Gasteiger partial charge in [0.05, 0.1) is 18.7 Å². The molecule has 0 radical (unpaired) electrons. The number of anilines is 1. The number of benzene rings is 2. The third-order valence-electron chi connectivity index (χ3n) is 6.42. The van der Waals surface area contributed by atoms with Gasteiger partial charge in [0.1, 0.15) is 5.75 Å². The number of primary amides is 1. The number of nitrogens with zero attached hydrogens (tertiary/aromatic N) is 6. The van der Waals surface area contributed by atoms with Gasteiger partial charge in [0.25, 0.3) is 11.5 Å². The minimum Gasteiger partial charge on any atom is -0.425 e. The van der Waals surface area contributed by atoms with E-state index in [0.717, 1.165) is 13.1 Å². The molecule has 0 spiro atoms. The SMILES string of the molecule is [C-]#[N+]c1ccccc1Cn1c(Oc2ccccc2C(N)=O)nc2nc(N3CCNCC3)n(CC#CC)c2c1=O. The lowest BCUT2D eigenvalue weighted by atomic mass is 10.2. The minimum atomic E-state index is -0.678. The van der Waals surface area contributed by atoms with Crippen LogP contribution in [0.1, 0.15) is 22.8 Å². The van der Waals surface area contributed by atoms with Crippen molar-refractivity contribution < 1.29 is 9.53 Å². The number of amides is 1. The van der Waals surface area contributed by atoms with Crippen LogP contribution in [-0.2, 0) is 13.1 Å². The predicted octanol–water partition coefficient (Wildman–Crippen LogP) is 2.52. The molecule has 3 N–H and O–H groups in total. The molecule has 5 rings (SSSR count). The number of para-hydroxylation sites is 2. The van der Waals surface area contributed by atoms with Crippen molar-refractivity contribution >= 4 is 28.7 Å². The van der Waals surface area contributed by atoms with E-state index in [1.807, 2.05) is 0 Å². The van der Waals surface area contributed by atoms with E-state index in [4.69, 9.17) is 22.0 Å². The molecule has 0 saturated carbocycles. The number of hydrogen-bond donors (Lipinski definition) is 2. The highest BCUT2D eigenvalue weighted by molar-refractivity contribution is 5.95. The first-order valence-corrected chi connectivity index (χ1v) is 12.4. The monoisotopic (exact) mass is 522 g/mol. The Morgan fingerprint density at radius 2 is 1.87 bits per heavy atom. The second kappa shape index (κ2) is 11.1. The van der Waals surface area contributed by atoms with Crippen LogP contribution in [0.5, 0.6) is 11.8 Å². The number of hydrogen-bond acceptors (Lipinski definition) is 7. The number of carbonyl (C=O) groups is 1. The van der Waals surface area contributed by atoms with Gasteiger partial charge in [-0.2, -0.15) is 9.97 Å². The lowest BCUT2D eigenvalue weighted by molar-refractivity contribution is 0.0998. The molecule has 1 aliphatic heterocycles. The molecular weight excluding hydrogens is 496 g/mol. The van der Waals surface area contributed by atoms with Gasteiger partial charge in [0, 0.05) is 32.7 Å². The van der Waals surface area contributed by atoms with Crippen LogP contribution < -0.4 is 26.2 Å². The summed E-state index contributed by atoms with van der Waals surface area (Å²) in [6, 6.07) is 13.4. The van der Waals surface area contributed by atoms with Crippen molar-refractivity contribution in [3.05, 3.63) is 81.4 Å². The molecule has 0 aliphatic carbocycles. The van der Waals surface area contributed by atoms with E-state index in [2.05, 4.69) is 31.9 Å². The summed E-state index contributed by atoms with van der Waals surface area (Å²) in [4.78, 5) is 41.3. The van der Waals surface area contributed by atoms with Crippen molar-refractivity contribution in [2.24, 2.45) is 5.73 Å². The van der Waals surface area contributed by atoms with Gasteiger partial charge in [-0.05, 0) is 24.6 Å². The topological polar surface area (TPSA) is 125 Å². The van der Waals surface area contributed by atoms with Crippen LogP contribution in [0, 0.1) is 18.4 Å². The van der Waals surface area contributed by atoms with Crippen LogP contribution in [0.2, 0.25) is 0 Å². The molecule has 2 aromatic carbocycles. The molecule has 0 unspecified atom stereocenters. The lowest BCUT2D eigenvalue weighted by Gasteiger charge is -2.28. The van der Waals surface area contributed by atoms with Crippen molar-refractivity contribution in [1.29, 1.82) is 0 Å². The molecule has 3 heterocycles. The van der Waals surface area contributed by atoms with Crippen LogP contribution in [-0.4, -0.2) is 51.2 Å². The highest BCUT2D eigenvalue weighted by Crippen LogP contribution is 2.28. The van der Waals surface area contributed by atoms with Gasteiger partial charge >= 0.3 is 6.01 Å². The zero-order chi connectivity index (χ0) is 27.4. The second-order valence-electron chi connectivity index (χ2n) is 8.82. The molecular formula is C28H26N8O3. The molecule has 1 aliphatic rings. The summed E-state index contributed by atoms with van der Waals surface area (Å²) in [5, 5.41) is 3.32. The van der Waals surface area contributed by atoms with Gasteiger partial charge < -0.3 is 20.7 Å². The first kappa shape index (κ1) is 25.5. The first-order valence-electron chi connectivity index (χ1n) is 12.4. The van der Waals surface area contributed by atoms with Gasteiger partial charge in [-0.25, -0.2) is 4.85 Å². The average Bonchev–Trinajstić information content (AvgIpc) is 3.33. The van der Waals surface area contributed by atoms with Gasteiger partial charge in [0.15, 0.2) is 16.9 Å². The van der Waals surface area contributed by atoms with E-state index >= 15 is 0 Å². The number of carbonyl (C=O) groups excluding carboxylic acids is 1. The van der Waals surface area contributed by atoms with Gasteiger partial charge in [-0.15, -0.1) is 5.92 Å². The zero-order valence-corrected chi connectivity index (χ0v) is 21.3. The Kier molecular flexibility index (Phi) is 7.26. The maximum atomic E-state index is 14.2. The van der Waals surface area contributed by atoms with Crippen LogP contribution >= 0.6 is 0 Å². The summed E-state index contributed by atoms with van der Waals surface area (Å²) >= 11 is 0. The summed E-state index contributed by atoms with van der Waals surface area (Å²) in [5.41, 5.74) is 6.80. The van der Waals surface area contributed by atoms with Crippen LogP contribution in [0.25, 0.3) is 16.0 Å². The minimum absolute atomic E-state index is 0.0159. The fourth-order valence-corrected chi connectivity index (χ4v) is 4.50. The Labute approximate surface area is 224 Å². The third-order valence-corrected chi connectivity index (χ3v) is 6.42. The summed E-state index contributed by atoms with van der Waals surface area (Å²) in [6.45, 7) is 12.6. The average molecular weight is 523 g/mol. The number of aromatic nitrogens is 4. The van der Waals surface area contributed by atoms with Crippen LogP contribution in [0.4, 0.5) is 11.6 Å². The van der Waals surface area contributed by atoms with E-state index < -0.39 is 11.5 Å². The number of imidazole rings is 1. The quantitative estimate of drug-likeness (QED) is 0.282. The highest BCUT2D eigenvalue weighted by atomic mass is 16.5. The zero-order valence-electron chi connectivity index (χ0n) is 21.3. The molecule has 11 nitrogen and oxygen atoms in total. The van der Waals surface area contributed by atoms with Crippen molar-refractivity contribution in [3.8, 4) is 23.6 Å². The molecule has 11 heteroatoms. The number of rotatable bonds is 7. The van der Waals surface area contributed by atoms with Crippen molar-refractivity contribution in [2.45, 2.75) is 20.0 Å². The summed E-state index contributed by atoms with van der Waals surface area (Å²) in [6.07, 6.45) is 0. The number of fused-ring (bicyclic) bond motifs is 1. The van der Waals surface area contributed by atoms with E-state index in [1.165, 1.54) is 10.6 Å². The van der Waals surface area contributed by atoms with Crippen LogP contribution in [0.15, 0.2) is 53.3 Å². The van der Waals surface area contributed by atoms with E-state index in [0.29, 0.717) is 30.3 Å². The fraction of sp³-hybridized carbons (Fsp3) is 0.250. The molecule has 1 fully saturated rings. The molecule has 196 valence electrons. The van der Waals surface area contributed by atoms with Gasteiger partial charge in [-0.1, -0.05) is 42.3 Å². The Morgan fingerprint density at radius 3 is 2.62 bits per heavy atom.